The highest BCUT2D eigenvalue weighted by molar-refractivity contribution is 8.13. The van der Waals surface area contributed by atoms with E-state index in [9.17, 15) is 0 Å². The summed E-state index contributed by atoms with van der Waals surface area (Å²) in [6.45, 7) is 8.51. The van der Waals surface area contributed by atoms with Crippen molar-refractivity contribution in [3.63, 3.8) is 0 Å². The van der Waals surface area contributed by atoms with Crippen LogP contribution in [0.3, 0.4) is 0 Å². The number of terminal acetylenes is 1. The van der Waals surface area contributed by atoms with Crippen LogP contribution in [0.2, 0.25) is 0 Å². The lowest BCUT2D eigenvalue weighted by Gasteiger charge is -2.52. The SMILES string of the molecule is C#CCO/C(=C/N=C)N(C)C(C)(/C(F)=C\CC)[C@]12CNC[C@H]1CSC(N)=N2. The number of aliphatic imine (C=N–C) groups is 2. The number of nitrogens with zero attached hydrogens (tertiary/aromatic N) is 3. The molecule has 0 aliphatic carbocycles. The lowest BCUT2D eigenvalue weighted by molar-refractivity contribution is 0.0227. The standard InChI is InChI=1S/C19H28FN5OS/c1-6-8-15(20)18(3,25(5)16(11-22-4)26-9-7-2)19-13-23-10-14(19)12-27-17(21)24-19/h2,8,11,14,23H,4,6,9-10,12-13H2,1,3,5H3,(H2,21,24)/b15-8+,16-11+/t14-,18?,19-/m0/s1. The summed E-state index contributed by atoms with van der Waals surface area (Å²) in [7, 11) is 1.76. The normalized spacial score (nSPS) is 27.8. The molecule has 1 fully saturated rings. The van der Waals surface area contributed by atoms with Crippen LogP contribution in [-0.2, 0) is 4.74 Å². The Morgan fingerprint density at radius 1 is 1.74 bits per heavy atom. The van der Waals surface area contributed by atoms with Crippen molar-refractivity contribution in [2.24, 2.45) is 21.6 Å². The van der Waals surface area contributed by atoms with Gasteiger partial charge >= 0.3 is 0 Å². The smallest absolute Gasteiger partial charge is 0.209 e. The Kier molecular flexibility index (Phi) is 6.95. The van der Waals surface area contributed by atoms with Crippen molar-refractivity contribution in [2.75, 3.05) is 32.5 Å². The summed E-state index contributed by atoms with van der Waals surface area (Å²) in [6, 6.07) is 0. The fraction of sp³-hybridized carbons (Fsp3) is 0.579. The topological polar surface area (TPSA) is 75.2 Å². The van der Waals surface area contributed by atoms with Gasteiger partial charge < -0.3 is 20.7 Å². The molecule has 1 saturated heterocycles. The number of allylic oxidation sites excluding steroid dienone is 1. The van der Waals surface area contributed by atoms with Crippen LogP contribution in [0.25, 0.3) is 0 Å². The molecule has 27 heavy (non-hydrogen) atoms. The van der Waals surface area contributed by atoms with E-state index in [0.717, 1.165) is 12.3 Å². The van der Waals surface area contributed by atoms with Crippen molar-refractivity contribution >= 4 is 23.6 Å². The zero-order valence-corrected chi connectivity index (χ0v) is 17.0. The summed E-state index contributed by atoms with van der Waals surface area (Å²) in [4.78, 5) is 10.3. The Labute approximate surface area is 165 Å². The maximum Gasteiger partial charge on any atom is 0.209 e. The lowest BCUT2D eigenvalue weighted by Crippen LogP contribution is -2.66. The molecule has 1 unspecified atom stereocenters. The maximum atomic E-state index is 15.7. The second-order valence-corrected chi connectivity index (χ2v) is 7.79. The molecule has 2 heterocycles. The molecule has 3 atom stereocenters. The second-order valence-electron chi connectivity index (χ2n) is 6.75. The molecule has 0 saturated carbocycles. The largest absolute Gasteiger partial charge is 0.465 e. The van der Waals surface area contributed by atoms with Crippen molar-refractivity contribution < 1.29 is 9.13 Å². The molecule has 0 radical (unpaired) electrons. The van der Waals surface area contributed by atoms with Gasteiger partial charge in [0.25, 0.3) is 0 Å². The minimum atomic E-state index is -1.14. The predicted octanol–water partition coefficient (Wildman–Crippen LogP) is 2.11. The molecule has 0 aromatic rings. The first-order chi connectivity index (χ1) is 12.9. The molecule has 8 heteroatoms. The second kappa shape index (κ2) is 8.81. The number of rotatable bonds is 8. The van der Waals surface area contributed by atoms with Crippen molar-refractivity contribution in [3.8, 4) is 12.3 Å². The van der Waals surface area contributed by atoms with Crippen LogP contribution in [0.4, 0.5) is 4.39 Å². The number of nitrogens with one attached hydrogen (secondary N) is 1. The summed E-state index contributed by atoms with van der Waals surface area (Å²) in [6.07, 6.45) is 8.90. The predicted molar refractivity (Wildman–Crippen MR) is 111 cm³/mol. The van der Waals surface area contributed by atoms with Crippen molar-refractivity contribution in [1.29, 1.82) is 0 Å². The van der Waals surface area contributed by atoms with Gasteiger partial charge in [-0.15, -0.1) is 6.42 Å². The van der Waals surface area contributed by atoms with Crippen LogP contribution >= 0.6 is 11.8 Å². The van der Waals surface area contributed by atoms with E-state index >= 15 is 4.39 Å². The Morgan fingerprint density at radius 3 is 3.11 bits per heavy atom. The zero-order chi connectivity index (χ0) is 20.1. The van der Waals surface area contributed by atoms with E-state index in [0.29, 0.717) is 24.0 Å². The molecule has 0 spiro atoms. The third-order valence-electron chi connectivity index (χ3n) is 5.40. The highest BCUT2D eigenvalue weighted by Gasteiger charge is 2.62. The molecule has 0 aromatic carbocycles. The first-order valence-electron chi connectivity index (χ1n) is 8.88. The molecule has 2 rings (SSSR count). The molecule has 0 bridgehead atoms. The van der Waals surface area contributed by atoms with Gasteiger partial charge in [0.1, 0.15) is 16.9 Å². The van der Waals surface area contributed by atoms with E-state index in [-0.39, 0.29) is 18.4 Å². The third kappa shape index (κ3) is 3.71. The Hall–Kier alpha value is -1.98. The Morgan fingerprint density at radius 2 is 2.48 bits per heavy atom. The minimum absolute atomic E-state index is 0.0385. The summed E-state index contributed by atoms with van der Waals surface area (Å²) in [5, 5.41) is 3.84. The number of amidine groups is 1. The summed E-state index contributed by atoms with van der Waals surface area (Å²) in [5.41, 5.74) is 4.16. The van der Waals surface area contributed by atoms with Gasteiger partial charge in [0.15, 0.2) is 11.8 Å². The fourth-order valence-corrected chi connectivity index (χ4v) is 4.83. The molecule has 0 amide bonds. The van der Waals surface area contributed by atoms with Crippen LogP contribution in [0, 0.1) is 18.3 Å². The van der Waals surface area contributed by atoms with Gasteiger partial charge in [0.05, 0.1) is 6.20 Å². The number of thioether (sulfide) groups is 1. The van der Waals surface area contributed by atoms with E-state index in [1.54, 1.807) is 18.0 Å². The average molecular weight is 394 g/mol. The Bertz CT molecular complexity index is 701. The Balaban J connectivity index is 2.64. The van der Waals surface area contributed by atoms with Crippen LogP contribution in [-0.4, -0.2) is 60.4 Å². The first kappa shape index (κ1) is 21.3. The maximum absolute atomic E-state index is 15.7. The number of halogens is 1. The molecule has 148 valence electrons. The molecule has 2 aliphatic heterocycles. The van der Waals surface area contributed by atoms with E-state index in [2.05, 4.69) is 22.9 Å². The van der Waals surface area contributed by atoms with Gasteiger partial charge in [-0.05, 0) is 20.1 Å². The van der Waals surface area contributed by atoms with E-state index in [1.165, 1.54) is 18.0 Å². The molecule has 3 N–H and O–H groups in total. The van der Waals surface area contributed by atoms with Crippen LogP contribution in [0.1, 0.15) is 20.3 Å². The third-order valence-corrected chi connectivity index (χ3v) is 6.36. The molecule has 2 aliphatic rings. The number of ether oxygens (including phenoxy) is 1. The van der Waals surface area contributed by atoms with Gasteiger partial charge in [-0.2, -0.15) is 0 Å². The lowest BCUT2D eigenvalue weighted by atomic mass is 9.70. The van der Waals surface area contributed by atoms with Gasteiger partial charge in [-0.3, -0.25) is 9.98 Å². The van der Waals surface area contributed by atoms with Crippen molar-refractivity contribution in [3.05, 3.63) is 24.0 Å². The monoisotopic (exact) mass is 393 g/mol. The van der Waals surface area contributed by atoms with Crippen LogP contribution < -0.4 is 11.1 Å². The first-order valence-corrected chi connectivity index (χ1v) is 9.87. The van der Waals surface area contributed by atoms with Crippen LogP contribution in [0.15, 0.2) is 34.0 Å². The van der Waals surface area contributed by atoms with E-state index in [1.807, 2.05) is 13.8 Å². The molecular weight excluding hydrogens is 365 g/mol. The summed E-state index contributed by atoms with van der Waals surface area (Å²) < 4.78 is 21.3. The average Bonchev–Trinajstić information content (AvgIpc) is 3.08. The van der Waals surface area contributed by atoms with Gasteiger partial charge in [0, 0.05) is 31.8 Å². The van der Waals surface area contributed by atoms with Gasteiger partial charge in [-0.1, -0.05) is 30.7 Å². The number of likely N-dealkylation sites (N-methyl/N-ethyl adjacent to an activating group) is 1. The summed E-state index contributed by atoms with van der Waals surface area (Å²) in [5.74, 6) is 3.36. The quantitative estimate of drug-likeness (QED) is 0.375. The number of nitrogens with two attached hydrogens (primary N) is 1. The zero-order valence-electron chi connectivity index (χ0n) is 16.2. The highest BCUT2D eigenvalue weighted by Crippen LogP contribution is 2.49. The summed E-state index contributed by atoms with van der Waals surface area (Å²) >= 11 is 1.50. The van der Waals surface area contributed by atoms with Crippen molar-refractivity contribution in [1.82, 2.24) is 10.2 Å². The van der Waals surface area contributed by atoms with Gasteiger partial charge in [0.2, 0.25) is 5.88 Å². The number of hydrogen-bond acceptors (Lipinski definition) is 7. The fourth-order valence-electron chi connectivity index (χ4n) is 3.84. The number of hydrogen-bond donors (Lipinski definition) is 2. The van der Waals surface area contributed by atoms with E-state index < -0.39 is 11.1 Å². The molecule has 6 nitrogen and oxygen atoms in total. The number of fused-ring (bicyclic) bond motifs is 1. The van der Waals surface area contributed by atoms with Gasteiger partial charge in [-0.25, -0.2) is 4.39 Å². The van der Waals surface area contributed by atoms with E-state index in [4.69, 9.17) is 21.9 Å². The van der Waals surface area contributed by atoms with Crippen molar-refractivity contribution in [2.45, 2.75) is 31.3 Å². The highest BCUT2D eigenvalue weighted by atomic mass is 32.2. The minimum Gasteiger partial charge on any atom is -0.465 e. The van der Waals surface area contributed by atoms with Crippen LogP contribution in [0.5, 0.6) is 0 Å². The molecule has 0 aromatic heterocycles. The molecular formula is C19H28FN5OS.